The van der Waals surface area contributed by atoms with Crippen LogP contribution in [0.1, 0.15) is 20.2 Å². The molecule has 0 aromatic carbocycles. The van der Waals surface area contributed by atoms with E-state index in [2.05, 4.69) is 14.7 Å². The quantitative estimate of drug-likeness (QED) is 0.853. The number of hydrogen-bond acceptors (Lipinski definition) is 6. The lowest BCUT2D eigenvalue weighted by Crippen LogP contribution is -2.23. The maximum Gasteiger partial charge on any atom is 0.337 e. The van der Waals surface area contributed by atoms with Gasteiger partial charge in [-0.2, -0.15) is 0 Å². The average molecular weight is 313 g/mol. The van der Waals surface area contributed by atoms with Crippen LogP contribution < -0.4 is 4.72 Å². The van der Waals surface area contributed by atoms with E-state index in [9.17, 15) is 13.2 Å². The van der Waals surface area contributed by atoms with Gasteiger partial charge in [-0.3, -0.25) is 0 Å². The number of carboxylic acid groups (broad SMARTS) is 1. The first-order valence-corrected chi connectivity index (χ1v) is 7.79. The summed E-state index contributed by atoms with van der Waals surface area (Å²) in [5.74, 6) is -1.16. The Hall–Kier alpha value is -1.84. The number of hydrogen-bond donors (Lipinski definition) is 2. The van der Waals surface area contributed by atoms with Crippen molar-refractivity contribution in [1.29, 1.82) is 0 Å². The van der Waals surface area contributed by atoms with E-state index in [1.165, 1.54) is 17.4 Å². The van der Waals surface area contributed by atoms with E-state index in [0.29, 0.717) is 0 Å². The Morgan fingerprint density at radius 3 is 2.60 bits per heavy atom. The minimum Gasteiger partial charge on any atom is -0.478 e. The largest absolute Gasteiger partial charge is 0.478 e. The van der Waals surface area contributed by atoms with Gasteiger partial charge in [-0.25, -0.2) is 27.9 Å². The highest BCUT2D eigenvalue weighted by Gasteiger charge is 2.16. The van der Waals surface area contributed by atoms with Crippen LogP contribution in [0, 0.1) is 6.92 Å². The summed E-state index contributed by atoms with van der Waals surface area (Å²) in [5.41, 5.74) is -0.0676. The van der Waals surface area contributed by atoms with Gasteiger partial charge in [0.25, 0.3) is 10.0 Å². The molecule has 0 saturated heterocycles. The second-order valence-corrected chi connectivity index (χ2v) is 6.89. The van der Waals surface area contributed by atoms with Crippen molar-refractivity contribution < 1.29 is 18.3 Å². The van der Waals surface area contributed by atoms with Crippen LogP contribution >= 0.6 is 11.3 Å². The SMILES string of the molecule is Cc1ncc(CNS(=O)(=O)c2ccc(C(=O)O)cn2)s1. The molecule has 106 valence electrons. The number of nitrogens with zero attached hydrogens (tertiary/aromatic N) is 2. The van der Waals surface area contributed by atoms with Crippen LogP contribution in [-0.4, -0.2) is 29.5 Å². The molecule has 2 aromatic rings. The maximum atomic E-state index is 12.0. The molecule has 0 aliphatic carbocycles. The Balaban J connectivity index is 2.11. The highest BCUT2D eigenvalue weighted by molar-refractivity contribution is 7.89. The lowest BCUT2D eigenvalue weighted by Gasteiger charge is -2.04. The molecule has 0 aliphatic heterocycles. The lowest BCUT2D eigenvalue weighted by molar-refractivity contribution is 0.0696. The highest BCUT2D eigenvalue weighted by Crippen LogP contribution is 2.13. The van der Waals surface area contributed by atoms with Crippen LogP contribution in [0.4, 0.5) is 0 Å². The summed E-state index contributed by atoms with van der Waals surface area (Å²) in [4.78, 5) is 19.1. The first-order chi connectivity index (χ1) is 9.38. The van der Waals surface area contributed by atoms with Crippen molar-refractivity contribution in [3.8, 4) is 0 Å². The van der Waals surface area contributed by atoms with Gasteiger partial charge in [-0.15, -0.1) is 11.3 Å². The van der Waals surface area contributed by atoms with Crippen molar-refractivity contribution in [2.75, 3.05) is 0 Å². The molecular formula is C11H11N3O4S2. The van der Waals surface area contributed by atoms with E-state index in [0.717, 1.165) is 22.1 Å². The first kappa shape index (κ1) is 14.6. The third-order valence-electron chi connectivity index (χ3n) is 2.36. The van der Waals surface area contributed by atoms with Crippen molar-refractivity contribution in [3.63, 3.8) is 0 Å². The van der Waals surface area contributed by atoms with Crippen LogP contribution in [0.25, 0.3) is 0 Å². The van der Waals surface area contributed by atoms with Crippen molar-refractivity contribution in [1.82, 2.24) is 14.7 Å². The van der Waals surface area contributed by atoms with E-state index < -0.39 is 16.0 Å². The third-order valence-corrected chi connectivity index (χ3v) is 4.59. The molecule has 0 saturated carbocycles. The summed E-state index contributed by atoms with van der Waals surface area (Å²) in [5, 5.41) is 9.35. The Morgan fingerprint density at radius 2 is 2.10 bits per heavy atom. The fourth-order valence-electron chi connectivity index (χ4n) is 1.39. The maximum absolute atomic E-state index is 12.0. The third kappa shape index (κ3) is 3.38. The van der Waals surface area contributed by atoms with Crippen LogP contribution in [0.5, 0.6) is 0 Å². The van der Waals surface area contributed by atoms with Crippen LogP contribution in [0.3, 0.4) is 0 Å². The Morgan fingerprint density at radius 1 is 1.35 bits per heavy atom. The number of nitrogens with one attached hydrogen (secondary N) is 1. The smallest absolute Gasteiger partial charge is 0.337 e. The van der Waals surface area contributed by atoms with Gasteiger partial charge < -0.3 is 5.11 Å². The zero-order chi connectivity index (χ0) is 14.8. The Bertz CT molecular complexity index is 722. The number of carbonyl (C=O) groups is 1. The summed E-state index contributed by atoms with van der Waals surface area (Å²) < 4.78 is 26.3. The zero-order valence-electron chi connectivity index (χ0n) is 10.4. The molecule has 0 amide bonds. The summed E-state index contributed by atoms with van der Waals surface area (Å²) in [6, 6.07) is 2.35. The summed E-state index contributed by atoms with van der Waals surface area (Å²) >= 11 is 1.39. The fraction of sp³-hybridized carbons (Fsp3) is 0.182. The van der Waals surface area contributed by atoms with Crippen LogP contribution in [0.15, 0.2) is 29.6 Å². The highest BCUT2D eigenvalue weighted by atomic mass is 32.2. The van der Waals surface area contributed by atoms with E-state index in [-0.39, 0.29) is 17.1 Å². The van der Waals surface area contributed by atoms with Crippen molar-refractivity contribution in [2.24, 2.45) is 0 Å². The van der Waals surface area contributed by atoms with Gasteiger partial charge >= 0.3 is 5.97 Å². The van der Waals surface area contributed by atoms with E-state index in [4.69, 9.17) is 5.11 Å². The monoisotopic (exact) mass is 313 g/mol. The second kappa shape index (κ2) is 5.65. The second-order valence-electron chi connectivity index (χ2n) is 3.86. The van der Waals surface area contributed by atoms with Gasteiger partial charge in [0.15, 0.2) is 5.03 Å². The van der Waals surface area contributed by atoms with Gasteiger partial charge in [0, 0.05) is 23.8 Å². The van der Waals surface area contributed by atoms with E-state index >= 15 is 0 Å². The molecule has 0 fully saturated rings. The number of sulfonamides is 1. The van der Waals surface area contributed by atoms with Crippen LogP contribution in [-0.2, 0) is 16.6 Å². The minimum atomic E-state index is -3.77. The number of aryl methyl sites for hydroxylation is 1. The van der Waals surface area contributed by atoms with Crippen molar-refractivity contribution in [3.05, 3.63) is 40.0 Å². The molecule has 2 aromatic heterocycles. The standard InChI is InChI=1S/C11H11N3O4S2/c1-7-12-5-9(19-7)6-14-20(17,18)10-3-2-8(4-13-10)11(15)16/h2-5,14H,6H2,1H3,(H,15,16). The molecule has 2 N–H and O–H groups in total. The molecule has 7 nitrogen and oxygen atoms in total. The predicted molar refractivity (Wildman–Crippen MR) is 72.1 cm³/mol. The molecular weight excluding hydrogens is 302 g/mol. The number of thiazole rings is 1. The van der Waals surface area contributed by atoms with E-state index in [1.807, 2.05) is 6.92 Å². The molecule has 0 bridgehead atoms. The van der Waals surface area contributed by atoms with Crippen molar-refractivity contribution >= 4 is 27.3 Å². The summed E-state index contributed by atoms with van der Waals surface area (Å²) in [6.45, 7) is 1.95. The first-order valence-electron chi connectivity index (χ1n) is 5.49. The molecule has 0 spiro atoms. The zero-order valence-corrected chi connectivity index (χ0v) is 12.0. The van der Waals surface area contributed by atoms with Gasteiger partial charge in [0.05, 0.1) is 10.6 Å². The number of aromatic nitrogens is 2. The molecule has 20 heavy (non-hydrogen) atoms. The average Bonchev–Trinajstić information content (AvgIpc) is 2.82. The normalized spacial score (nSPS) is 11.4. The fourth-order valence-corrected chi connectivity index (χ4v) is 3.15. The minimum absolute atomic E-state index is 0.0676. The molecule has 0 aliphatic rings. The van der Waals surface area contributed by atoms with Crippen molar-refractivity contribution in [2.45, 2.75) is 18.5 Å². The molecule has 2 rings (SSSR count). The molecule has 9 heteroatoms. The Kier molecular flexibility index (Phi) is 4.12. The number of carboxylic acids is 1. The topological polar surface area (TPSA) is 109 Å². The van der Waals surface area contributed by atoms with Gasteiger partial charge in [0.1, 0.15) is 0 Å². The van der Waals surface area contributed by atoms with E-state index in [1.54, 1.807) is 6.20 Å². The molecule has 2 heterocycles. The number of rotatable bonds is 5. The summed E-state index contributed by atoms with van der Waals surface area (Å²) in [6.07, 6.45) is 2.61. The van der Waals surface area contributed by atoms with Gasteiger partial charge in [0.2, 0.25) is 0 Å². The summed E-state index contributed by atoms with van der Waals surface area (Å²) in [7, 11) is -3.77. The predicted octanol–water partition coefficient (Wildman–Crippen LogP) is 1.02. The molecule has 0 radical (unpaired) electrons. The number of pyridine rings is 1. The number of aromatic carboxylic acids is 1. The Labute approximate surface area is 119 Å². The molecule has 0 unspecified atom stereocenters. The molecule has 0 atom stereocenters. The lowest BCUT2D eigenvalue weighted by atomic mass is 10.3. The van der Waals surface area contributed by atoms with Gasteiger partial charge in [-0.1, -0.05) is 0 Å². The van der Waals surface area contributed by atoms with Gasteiger partial charge in [-0.05, 0) is 19.1 Å². The van der Waals surface area contributed by atoms with Crippen LogP contribution in [0.2, 0.25) is 0 Å².